The zero-order valence-corrected chi connectivity index (χ0v) is 22.8. The number of nitrogens with one attached hydrogen (secondary N) is 1. The molecule has 0 spiro atoms. The first kappa shape index (κ1) is 28.2. The van der Waals surface area contributed by atoms with Crippen LogP contribution < -0.4 is 10.3 Å². The standard InChI is InChI=1S/C30H47N3O3/c1-4-32(5-2)22-24(3)33(23-25-13-9-7-6-8-10-14-25)30(35)15-11-12-20-36-27-17-18-28-26(21-27)16-19-29(34)31-28/h16-19,21,24-25H,4-15,20,22-23H2,1-3H3,(H,31,34)/t24-/m0/s1. The molecule has 0 saturated heterocycles. The van der Waals surface area contributed by atoms with E-state index in [0.29, 0.717) is 24.9 Å². The first-order valence-electron chi connectivity index (χ1n) is 14.3. The molecule has 1 fully saturated rings. The highest BCUT2D eigenvalue weighted by atomic mass is 16.5. The maximum atomic E-state index is 13.4. The summed E-state index contributed by atoms with van der Waals surface area (Å²) >= 11 is 0. The van der Waals surface area contributed by atoms with Crippen LogP contribution in [-0.4, -0.2) is 59.5 Å². The van der Waals surface area contributed by atoms with Crippen molar-refractivity contribution in [2.75, 3.05) is 32.8 Å². The molecule has 1 aliphatic rings. The van der Waals surface area contributed by atoms with E-state index in [1.807, 2.05) is 24.3 Å². The molecule has 1 heterocycles. The van der Waals surface area contributed by atoms with Gasteiger partial charge in [-0.05, 0) is 75.9 Å². The minimum Gasteiger partial charge on any atom is -0.494 e. The highest BCUT2D eigenvalue weighted by molar-refractivity contribution is 5.79. The third-order valence-electron chi connectivity index (χ3n) is 7.70. The predicted octanol–water partition coefficient (Wildman–Crippen LogP) is 6.00. The van der Waals surface area contributed by atoms with E-state index in [4.69, 9.17) is 4.74 Å². The Labute approximate surface area is 217 Å². The number of aromatic amines is 1. The Bertz CT molecular complexity index is 977. The Kier molecular flexibility index (Phi) is 11.8. The van der Waals surface area contributed by atoms with Crippen molar-refractivity contribution in [1.29, 1.82) is 0 Å². The summed E-state index contributed by atoms with van der Waals surface area (Å²) in [5.74, 6) is 1.73. The molecule has 36 heavy (non-hydrogen) atoms. The van der Waals surface area contributed by atoms with Gasteiger partial charge in [-0.1, -0.05) is 46.0 Å². The number of ether oxygens (including phenoxy) is 1. The molecule has 0 radical (unpaired) electrons. The van der Waals surface area contributed by atoms with Crippen LogP contribution in [0.2, 0.25) is 0 Å². The number of carbonyl (C=O) groups excluding carboxylic acids is 1. The van der Waals surface area contributed by atoms with Gasteiger partial charge in [0.15, 0.2) is 0 Å². The second-order valence-electron chi connectivity index (χ2n) is 10.5. The number of benzene rings is 1. The Morgan fingerprint density at radius 1 is 1.03 bits per heavy atom. The molecule has 2 aromatic rings. The summed E-state index contributed by atoms with van der Waals surface area (Å²) in [6.07, 6.45) is 11.4. The zero-order chi connectivity index (χ0) is 25.8. The van der Waals surface area contributed by atoms with E-state index in [2.05, 4.69) is 35.6 Å². The molecule has 1 atom stereocenters. The molecule has 6 nitrogen and oxygen atoms in total. The molecule has 0 bridgehead atoms. The number of pyridine rings is 1. The number of rotatable bonds is 13. The van der Waals surface area contributed by atoms with Crippen molar-refractivity contribution in [1.82, 2.24) is 14.8 Å². The number of amides is 1. The van der Waals surface area contributed by atoms with Gasteiger partial charge in [-0.25, -0.2) is 0 Å². The van der Waals surface area contributed by atoms with Crippen molar-refractivity contribution in [2.45, 2.75) is 91.0 Å². The second-order valence-corrected chi connectivity index (χ2v) is 10.5. The number of fused-ring (bicyclic) bond motifs is 1. The summed E-state index contributed by atoms with van der Waals surface area (Å²) in [4.78, 5) is 32.3. The van der Waals surface area contributed by atoms with E-state index in [0.717, 1.165) is 55.7 Å². The molecular weight excluding hydrogens is 450 g/mol. The number of H-pyrrole nitrogens is 1. The van der Waals surface area contributed by atoms with E-state index in [1.54, 1.807) is 0 Å². The molecule has 0 unspecified atom stereocenters. The van der Waals surface area contributed by atoms with Crippen LogP contribution in [-0.2, 0) is 4.79 Å². The monoisotopic (exact) mass is 497 g/mol. The van der Waals surface area contributed by atoms with Gasteiger partial charge in [-0.15, -0.1) is 0 Å². The summed E-state index contributed by atoms with van der Waals surface area (Å²) in [5.41, 5.74) is 0.708. The van der Waals surface area contributed by atoms with Gasteiger partial charge in [-0.2, -0.15) is 0 Å². The minimum atomic E-state index is -0.101. The third kappa shape index (κ3) is 8.95. The Balaban J connectivity index is 1.50. The average Bonchev–Trinajstić information content (AvgIpc) is 2.86. The fourth-order valence-corrected chi connectivity index (χ4v) is 5.42. The van der Waals surface area contributed by atoms with E-state index >= 15 is 0 Å². The maximum absolute atomic E-state index is 13.4. The fraction of sp³-hybridized carbons (Fsp3) is 0.667. The summed E-state index contributed by atoms with van der Waals surface area (Å²) in [7, 11) is 0. The van der Waals surface area contributed by atoms with Crippen LogP contribution in [0.3, 0.4) is 0 Å². The van der Waals surface area contributed by atoms with Gasteiger partial charge in [0.2, 0.25) is 11.5 Å². The summed E-state index contributed by atoms with van der Waals surface area (Å²) in [6.45, 7) is 11.1. The molecule has 3 rings (SSSR count). The molecule has 1 aliphatic carbocycles. The molecular formula is C30H47N3O3. The quantitative estimate of drug-likeness (QED) is 0.345. The normalized spacial score (nSPS) is 16.0. The lowest BCUT2D eigenvalue weighted by atomic mass is 9.90. The van der Waals surface area contributed by atoms with E-state index in [-0.39, 0.29) is 11.6 Å². The summed E-state index contributed by atoms with van der Waals surface area (Å²) in [5, 5.41) is 0.953. The van der Waals surface area contributed by atoms with Crippen LogP contribution in [0.5, 0.6) is 5.75 Å². The van der Waals surface area contributed by atoms with Crippen LogP contribution in [0.1, 0.15) is 85.0 Å². The lowest BCUT2D eigenvalue weighted by Crippen LogP contribution is -2.47. The van der Waals surface area contributed by atoms with E-state index in [9.17, 15) is 9.59 Å². The van der Waals surface area contributed by atoms with Crippen molar-refractivity contribution in [3.8, 4) is 5.75 Å². The average molecular weight is 498 g/mol. The largest absolute Gasteiger partial charge is 0.494 e. The van der Waals surface area contributed by atoms with Gasteiger partial charge >= 0.3 is 0 Å². The topological polar surface area (TPSA) is 65.6 Å². The van der Waals surface area contributed by atoms with Gasteiger partial charge in [-0.3, -0.25) is 9.59 Å². The van der Waals surface area contributed by atoms with Gasteiger partial charge in [0, 0.05) is 42.5 Å². The molecule has 1 amide bonds. The number of carbonyl (C=O) groups is 1. The minimum absolute atomic E-state index is 0.101. The molecule has 1 saturated carbocycles. The van der Waals surface area contributed by atoms with Gasteiger partial charge in [0.05, 0.1) is 6.61 Å². The molecule has 1 aromatic carbocycles. The lowest BCUT2D eigenvalue weighted by molar-refractivity contribution is -0.134. The Hall–Kier alpha value is -2.34. The zero-order valence-electron chi connectivity index (χ0n) is 22.8. The van der Waals surface area contributed by atoms with Crippen LogP contribution in [0, 0.1) is 5.92 Å². The summed E-state index contributed by atoms with van der Waals surface area (Å²) in [6, 6.07) is 9.28. The van der Waals surface area contributed by atoms with Gasteiger partial charge < -0.3 is 19.5 Å². The van der Waals surface area contributed by atoms with Crippen molar-refractivity contribution in [3.63, 3.8) is 0 Å². The number of unbranched alkanes of at least 4 members (excludes halogenated alkanes) is 1. The maximum Gasteiger partial charge on any atom is 0.248 e. The molecule has 6 heteroatoms. The van der Waals surface area contributed by atoms with Gasteiger partial charge in [0.1, 0.15) is 5.75 Å². The second kappa shape index (κ2) is 15.0. The number of aromatic nitrogens is 1. The van der Waals surface area contributed by atoms with Crippen LogP contribution in [0.15, 0.2) is 35.1 Å². The highest BCUT2D eigenvalue weighted by Crippen LogP contribution is 2.25. The highest BCUT2D eigenvalue weighted by Gasteiger charge is 2.25. The SMILES string of the molecule is CCN(CC)C[C@H](C)N(CC1CCCCCCC1)C(=O)CCCCOc1ccc2[nH]c(=O)ccc2c1. The van der Waals surface area contributed by atoms with Crippen molar-refractivity contribution < 1.29 is 9.53 Å². The first-order chi connectivity index (χ1) is 17.5. The molecule has 0 aliphatic heterocycles. The fourth-order valence-electron chi connectivity index (χ4n) is 5.42. The third-order valence-corrected chi connectivity index (χ3v) is 7.70. The van der Waals surface area contributed by atoms with E-state index < -0.39 is 0 Å². The molecule has 1 aromatic heterocycles. The summed E-state index contributed by atoms with van der Waals surface area (Å²) < 4.78 is 5.94. The van der Waals surface area contributed by atoms with Crippen LogP contribution >= 0.6 is 0 Å². The smallest absolute Gasteiger partial charge is 0.248 e. The van der Waals surface area contributed by atoms with E-state index in [1.165, 1.54) is 51.0 Å². The van der Waals surface area contributed by atoms with Crippen molar-refractivity contribution in [3.05, 3.63) is 40.7 Å². The van der Waals surface area contributed by atoms with Gasteiger partial charge in [0.25, 0.3) is 0 Å². The van der Waals surface area contributed by atoms with Crippen LogP contribution in [0.25, 0.3) is 10.9 Å². The Morgan fingerprint density at radius 3 is 2.47 bits per heavy atom. The number of hydrogen-bond donors (Lipinski definition) is 1. The number of hydrogen-bond acceptors (Lipinski definition) is 4. The van der Waals surface area contributed by atoms with Crippen molar-refractivity contribution in [2.24, 2.45) is 5.92 Å². The Morgan fingerprint density at radius 2 is 1.75 bits per heavy atom. The van der Waals surface area contributed by atoms with Crippen LogP contribution in [0.4, 0.5) is 0 Å². The van der Waals surface area contributed by atoms with Crippen molar-refractivity contribution >= 4 is 16.8 Å². The number of nitrogens with zero attached hydrogens (tertiary/aromatic N) is 2. The molecule has 200 valence electrons. The predicted molar refractivity (Wildman–Crippen MR) is 149 cm³/mol. The lowest BCUT2D eigenvalue weighted by Gasteiger charge is -2.36. The number of likely N-dealkylation sites (N-methyl/N-ethyl adjacent to an activating group) is 1. The first-order valence-corrected chi connectivity index (χ1v) is 14.3. The molecule has 1 N–H and O–H groups in total.